The lowest BCUT2D eigenvalue weighted by molar-refractivity contribution is -0.139. The Kier molecular flexibility index (Phi) is 6.02. The Morgan fingerprint density at radius 2 is 2.04 bits per heavy atom. The Hall–Kier alpha value is -1.95. The normalized spacial score (nSPS) is 21.9. The van der Waals surface area contributed by atoms with E-state index in [1.165, 1.54) is 0 Å². The highest BCUT2D eigenvalue weighted by atomic mass is 16.5. The monoisotopic (exact) mass is 345 g/mol. The first-order valence-electron chi connectivity index (χ1n) is 9.24. The van der Waals surface area contributed by atoms with Crippen LogP contribution in [0.5, 0.6) is 0 Å². The number of carbonyl (C=O) groups excluding carboxylic acids is 2. The van der Waals surface area contributed by atoms with E-state index < -0.39 is 0 Å². The molecule has 0 aromatic carbocycles. The van der Waals surface area contributed by atoms with Crippen LogP contribution in [0, 0.1) is 5.92 Å². The van der Waals surface area contributed by atoms with Gasteiger partial charge in [0.05, 0.1) is 0 Å². The second-order valence-corrected chi connectivity index (χ2v) is 7.03. The van der Waals surface area contributed by atoms with Gasteiger partial charge in [0.1, 0.15) is 0 Å². The summed E-state index contributed by atoms with van der Waals surface area (Å²) < 4.78 is 5.37. The highest BCUT2D eigenvalue weighted by Gasteiger charge is 2.31. The first kappa shape index (κ1) is 17.9. The van der Waals surface area contributed by atoms with Crippen LogP contribution in [0.3, 0.4) is 0 Å². The van der Waals surface area contributed by atoms with E-state index in [0.29, 0.717) is 26.1 Å². The van der Waals surface area contributed by atoms with E-state index in [2.05, 4.69) is 0 Å². The van der Waals surface area contributed by atoms with E-state index in [0.717, 1.165) is 50.2 Å². The maximum atomic E-state index is 12.8. The Balaban J connectivity index is 1.63. The van der Waals surface area contributed by atoms with Gasteiger partial charge in [-0.15, -0.1) is 0 Å². The molecular formula is C19H27N3O3. The molecule has 2 aliphatic rings. The molecule has 0 unspecified atom stereocenters. The molecule has 2 aliphatic heterocycles. The fourth-order valence-electron chi connectivity index (χ4n) is 3.74. The molecule has 2 saturated heterocycles. The first-order valence-corrected chi connectivity index (χ1v) is 9.24. The van der Waals surface area contributed by atoms with Gasteiger partial charge >= 0.3 is 0 Å². The van der Waals surface area contributed by atoms with Gasteiger partial charge in [0.15, 0.2) is 0 Å². The molecule has 2 fully saturated rings. The van der Waals surface area contributed by atoms with Crippen molar-refractivity contribution in [1.29, 1.82) is 0 Å². The fraction of sp³-hybridized carbons (Fsp3) is 0.632. The van der Waals surface area contributed by atoms with Crippen molar-refractivity contribution in [2.24, 2.45) is 11.7 Å². The van der Waals surface area contributed by atoms with Gasteiger partial charge in [-0.3, -0.25) is 14.6 Å². The van der Waals surface area contributed by atoms with Crippen LogP contribution in [-0.4, -0.2) is 48.0 Å². The molecule has 1 aromatic heterocycles. The van der Waals surface area contributed by atoms with Gasteiger partial charge in [-0.25, -0.2) is 0 Å². The number of carbonyl (C=O) groups is 2. The molecule has 2 N–H and O–H groups in total. The van der Waals surface area contributed by atoms with Crippen molar-refractivity contribution < 1.29 is 14.3 Å². The van der Waals surface area contributed by atoms with Crippen molar-refractivity contribution in [2.75, 3.05) is 26.3 Å². The van der Waals surface area contributed by atoms with Crippen molar-refractivity contribution in [3.05, 3.63) is 29.6 Å². The number of aryl methyl sites for hydroxylation is 1. The Morgan fingerprint density at radius 1 is 1.24 bits per heavy atom. The van der Waals surface area contributed by atoms with Crippen molar-refractivity contribution in [2.45, 2.75) is 44.4 Å². The number of nitrogens with two attached hydrogens (primary N) is 1. The number of nitrogens with zero attached hydrogens (tertiary/aromatic N) is 2. The second-order valence-electron chi connectivity index (χ2n) is 7.03. The second kappa shape index (κ2) is 8.43. The number of rotatable bonds is 5. The van der Waals surface area contributed by atoms with Gasteiger partial charge in [0.2, 0.25) is 11.8 Å². The SMILES string of the molecule is NC(=O)CCc1cccc([C@H]2CCCN(C(=O)C3CCOCC3)C2)n1. The molecule has 0 aliphatic carbocycles. The summed E-state index contributed by atoms with van der Waals surface area (Å²) in [6, 6.07) is 5.94. The highest BCUT2D eigenvalue weighted by molar-refractivity contribution is 5.79. The lowest BCUT2D eigenvalue weighted by Crippen LogP contribution is -2.43. The number of piperidine rings is 1. The average molecular weight is 345 g/mol. The minimum Gasteiger partial charge on any atom is -0.381 e. The maximum absolute atomic E-state index is 12.8. The Bertz CT molecular complexity index is 614. The third kappa shape index (κ3) is 4.78. The predicted molar refractivity (Wildman–Crippen MR) is 93.9 cm³/mol. The summed E-state index contributed by atoms with van der Waals surface area (Å²) in [6.07, 6.45) is 4.61. The van der Waals surface area contributed by atoms with E-state index in [9.17, 15) is 9.59 Å². The summed E-state index contributed by atoms with van der Waals surface area (Å²) in [7, 11) is 0. The number of aromatic nitrogens is 1. The number of ether oxygens (including phenoxy) is 1. The number of likely N-dealkylation sites (tertiary alicyclic amines) is 1. The molecule has 136 valence electrons. The molecule has 3 heterocycles. The molecule has 0 saturated carbocycles. The van der Waals surface area contributed by atoms with Crippen LogP contribution in [0.25, 0.3) is 0 Å². The fourth-order valence-corrected chi connectivity index (χ4v) is 3.74. The van der Waals surface area contributed by atoms with E-state index in [1.54, 1.807) is 0 Å². The minimum atomic E-state index is -0.307. The van der Waals surface area contributed by atoms with Crippen LogP contribution in [0.1, 0.15) is 49.4 Å². The van der Waals surface area contributed by atoms with Gasteiger partial charge in [-0.05, 0) is 44.2 Å². The molecule has 0 spiro atoms. The highest BCUT2D eigenvalue weighted by Crippen LogP contribution is 2.28. The largest absolute Gasteiger partial charge is 0.381 e. The summed E-state index contributed by atoms with van der Waals surface area (Å²) in [5.41, 5.74) is 7.14. The standard InChI is InChI=1S/C19H27N3O3/c20-18(23)7-6-16-4-1-5-17(21-16)15-3-2-10-22(13-15)19(24)14-8-11-25-12-9-14/h1,4-5,14-15H,2-3,6-13H2,(H2,20,23)/t15-/m0/s1. The summed E-state index contributed by atoms with van der Waals surface area (Å²) in [4.78, 5) is 30.5. The zero-order chi connectivity index (χ0) is 17.6. The third-order valence-electron chi connectivity index (χ3n) is 5.18. The topological polar surface area (TPSA) is 85.5 Å². The van der Waals surface area contributed by atoms with Gasteiger partial charge in [-0.1, -0.05) is 6.07 Å². The molecule has 0 radical (unpaired) electrons. The van der Waals surface area contributed by atoms with E-state index in [1.807, 2.05) is 23.1 Å². The number of pyridine rings is 1. The quantitative estimate of drug-likeness (QED) is 0.879. The van der Waals surface area contributed by atoms with Gasteiger partial charge in [-0.2, -0.15) is 0 Å². The van der Waals surface area contributed by atoms with Crippen LogP contribution >= 0.6 is 0 Å². The number of hydrogen-bond donors (Lipinski definition) is 1. The zero-order valence-electron chi connectivity index (χ0n) is 14.7. The van der Waals surface area contributed by atoms with E-state index >= 15 is 0 Å². The smallest absolute Gasteiger partial charge is 0.225 e. The molecule has 25 heavy (non-hydrogen) atoms. The molecule has 6 nitrogen and oxygen atoms in total. The van der Waals surface area contributed by atoms with Crippen LogP contribution in [-0.2, 0) is 20.7 Å². The molecule has 2 amide bonds. The number of amides is 2. The average Bonchev–Trinajstić information content (AvgIpc) is 2.67. The predicted octanol–water partition coefficient (Wildman–Crippen LogP) is 1.63. The molecular weight excluding hydrogens is 318 g/mol. The maximum Gasteiger partial charge on any atom is 0.225 e. The summed E-state index contributed by atoms with van der Waals surface area (Å²) in [5, 5.41) is 0. The van der Waals surface area contributed by atoms with Gasteiger partial charge < -0.3 is 15.4 Å². The third-order valence-corrected chi connectivity index (χ3v) is 5.18. The van der Waals surface area contributed by atoms with Crippen molar-refractivity contribution in [1.82, 2.24) is 9.88 Å². The van der Waals surface area contributed by atoms with Crippen molar-refractivity contribution in [3.8, 4) is 0 Å². The first-order chi connectivity index (χ1) is 12.1. The van der Waals surface area contributed by atoms with Crippen LogP contribution in [0.2, 0.25) is 0 Å². The lowest BCUT2D eigenvalue weighted by Gasteiger charge is -2.35. The zero-order valence-corrected chi connectivity index (χ0v) is 14.7. The van der Waals surface area contributed by atoms with Gasteiger partial charge in [0.25, 0.3) is 0 Å². The van der Waals surface area contributed by atoms with Crippen LogP contribution < -0.4 is 5.73 Å². The van der Waals surface area contributed by atoms with Gasteiger partial charge in [0, 0.05) is 55.9 Å². The van der Waals surface area contributed by atoms with Crippen molar-refractivity contribution in [3.63, 3.8) is 0 Å². The Morgan fingerprint density at radius 3 is 2.80 bits per heavy atom. The summed E-state index contributed by atoms with van der Waals surface area (Å²) >= 11 is 0. The number of primary amides is 1. The van der Waals surface area contributed by atoms with E-state index in [-0.39, 0.29) is 23.7 Å². The number of hydrogen-bond acceptors (Lipinski definition) is 4. The molecule has 3 rings (SSSR count). The van der Waals surface area contributed by atoms with Crippen LogP contribution in [0.4, 0.5) is 0 Å². The van der Waals surface area contributed by atoms with Crippen LogP contribution in [0.15, 0.2) is 18.2 Å². The molecule has 1 aromatic rings. The molecule has 1 atom stereocenters. The molecule has 0 bridgehead atoms. The van der Waals surface area contributed by atoms with Crippen molar-refractivity contribution >= 4 is 11.8 Å². The Labute approximate surface area is 148 Å². The van der Waals surface area contributed by atoms with E-state index in [4.69, 9.17) is 15.5 Å². The lowest BCUT2D eigenvalue weighted by atomic mass is 9.91. The minimum absolute atomic E-state index is 0.113. The molecule has 6 heteroatoms. The summed E-state index contributed by atoms with van der Waals surface area (Å²) in [5.74, 6) is 0.351. The summed E-state index contributed by atoms with van der Waals surface area (Å²) in [6.45, 7) is 2.96.